The zero-order chi connectivity index (χ0) is 19.6. The van der Waals surface area contributed by atoms with Gasteiger partial charge in [0, 0.05) is 19.6 Å². The third-order valence-electron chi connectivity index (χ3n) is 4.67. The molecule has 0 atom stereocenters. The van der Waals surface area contributed by atoms with Crippen molar-refractivity contribution in [1.82, 2.24) is 24.5 Å². The quantitative estimate of drug-likeness (QED) is 0.655. The van der Waals surface area contributed by atoms with Gasteiger partial charge in [0.05, 0.1) is 36.2 Å². The normalized spacial score (nSPS) is 15.2. The van der Waals surface area contributed by atoms with Crippen LogP contribution in [-0.4, -0.2) is 61.0 Å². The Labute approximate surface area is 163 Å². The van der Waals surface area contributed by atoms with Crippen LogP contribution in [0, 0.1) is 6.92 Å². The molecule has 1 N–H and O–H groups in total. The van der Waals surface area contributed by atoms with Crippen LogP contribution >= 0.6 is 0 Å². The van der Waals surface area contributed by atoms with Gasteiger partial charge in [-0.2, -0.15) is 5.10 Å². The van der Waals surface area contributed by atoms with Crippen LogP contribution in [0.5, 0.6) is 0 Å². The first-order chi connectivity index (χ1) is 13.5. The number of rotatable bonds is 6. The van der Waals surface area contributed by atoms with Gasteiger partial charge < -0.3 is 9.64 Å². The lowest BCUT2D eigenvalue weighted by Gasteiger charge is -2.27. The van der Waals surface area contributed by atoms with Crippen LogP contribution in [0.15, 0.2) is 41.7 Å². The largest absolute Gasteiger partial charge is 0.378 e. The van der Waals surface area contributed by atoms with Crippen molar-refractivity contribution in [3.63, 3.8) is 0 Å². The molecule has 1 aromatic carbocycles. The monoisotopic (exact) mass is 402 g/mol. The first-order valence-electron chi connectivity index (χ1n) is 9.10. The summed E-state index contributed by atoms with van der Waals surface area (Å²) in [6, 6.07) is 6.75. The third-order valence-corrected chi connectivity index (χ3v) is 6.15. The van der Waals surface area contributed by atoms with Crippen molar-refractivity contribution in [1.29, 1.82) is 0 Å². The summed E-state index contributed by atoms with van der Waals surface area (Å²) in [7, 11) is -3.55. The molecule has 1 saturated heterocycles. The number of aryl methyl sites for hydroxylation is 1. The predicted octanol–water partition coefficient (Wildman–Crippen LogP) is 0.950. The number of hydrogen-bond donors (Lipinski definition) is 1. The zero-order valence-corrected chi connectivity index (χ0v) is 16.4. The summed E-state index contributed by atoms with van der Waals surface area (Å²) in [6.45, 7) is 5.37. The number of anilines is 1. The SMILES string of the molecule is Cc1ccc(S(=O)(=O)NCCn2ncc3c(N4CCOCC4)ncnc32)cc1. The van der Waals surface area contributed by atoms with E-state index < -0.39 is 10.0 Å². The first kappa shape index (κ1) is 18.8. The first-order valence-corrected chi connectivity index (χ1v) is 10.6. The van der Waals surface area contributed by atoms with Crippen LogP contribution in [0.1, 0.15) is 5.56 Å². The van der Waals surface area contributed by atoms with Gasteiger partial charge in [0.1, 0.15) is 12.1 Å². The molecule has 1 aliphatic rings. The Hall–Kier alpha value is -2.56. The molecule has 1 fully saturated rings. The fourth-order valence-electron chi connectivity index (χ4n) is 3.16. The van der Waals surface area contributed by atoms with Crippen LogP contribution in [0.2, 0.25) is 0 Å². The second kappa shape index (κ2) is 7.82. The molecule has 3 aromatic rings. The van der Waals surface area contributed by atoms with Crippen molar-refractivity contribution in [2.75, 3.05) is 37.7 Å². The summed E-state index contributed by atoms with van der Waals surface area (Å²) >= 11 is 0. The summed E-state index contributed by atoms with van der Waals surface area (Å²) in [5.41, 5.74) is 1.70. The van der Waals surface area contributed by atoms with Gasteiger partial charge in [-0.05, 0) is 19.1 Å². The van der Waals surface area contributed by atoms with E-state index in [4.69, 9.17) is 4.74 Å². The number of benzene rings is 1. The third kappa shape index (κ3) is 3.84. The number of sulfonamides is 1. The number of ether oxygens (including phenoxy) is 1. The van der Waals surface area contributed by atoms with Crippen molar-refractivity contribution in [3.05, 3.63) is 42.4 Å². The summed E-state index contributed by atoms with van der Waals surface area (Å²) in [5, 5.41) is 5.23. The van der Waals surface area contributed by atoms with Crippen molar-refractivity contribution in [2.45, 2.75) is 18.4 Å². The van der Waals surface area contributed by atoms with Crippen molar-refractivity contribution in [2.24, 2.45) is 0 Å². The Kier molecular flexibility index (Phi) is 5.25. The minimum absolute atomic E-state index is 0.212. The molecular formula is C18H22N6O3S. The molecule has 10 heteroatoms. The lowest BCUT2D eigenvalue weighted by Crippen LogP contribution is -2.36. The van der Waals surface area contributed by atoms with Gasteiger partial charge in [-0.25, -0.2) is 27.8 Å². The zero-order valence-electron chi connectivity index (χ0n) is 15.6. The molecule has 2 aromatic heterocycles. The van der Waals surface area contributed by atoms with Gasteiger partial charge in [0.2, 0.25) is 10.0 Å². The number of nitrogens with one attached hydrogen (secondary N) is 1. The molecule has 0 bridgehead atoms. The van der Waals surface area contributed by atoms with E-state index in [1.807, 2.05) is 6.92 Å². The maximum atomic E-state index is 12.4. The number of nitrogens with zero attached hydrogens (tertiary/aromatic N) is 5. The number of morpholine rings is 1. The van der Waals surface area contributed by atoms with E-state index in [9.17, 15) is 8.42 Å². The van der Waals surface area contributed by atoms with E-state index in [0.717, 1.165) is 29.9 Å². The Bertz CT molecular complexity index is 1060. The topological polar surface area (TPSA) is 102 Å². The van der Waals surface area contributed by atoms with E-state index in [0.29, 0.717) is 25.4 Å². The molecule has 4 rings (SSSR count). The number of hydrogen-bond acceptors (Lipinski definition) is 7. The van der Waals surface area contributed by atoms with Gasteiger partial charge in [0.15, 0.2) is 5.65 Å². The Morgan fingerprint density at radius 3 is 2.64 bits per heavy atom. The van der Waals surface area contributed by atoms with Crippen molar-refractivity contribution < 1.29 is 13.2 Å². The van der Waals surface area contributed by atoms with Crippen LogP contribution < -0.4 is 9.62 Å². The van der Waals surface area contributed by atoms with Crippen LogP contribution in [-0.2, 0) is 21.3 Å². The van der Waals surface area contributed by atoms with Crippen LogP contribution in [0.3, 0.4) is 0 Å². The predicted molar refractivity (Wildman–Crippen MR) is 105 cm³/mol. The highest BCUT2D eigenvalue weighted by Crippen LogP contribution is 2.23. The Morgan fingerprint density at radius 1 is 1.14 bits per heavy atom. The molecule has 0 aliphatic carbocycles. The van der Waals surface area contributed by atoms with E-state index in [1.54, 1.807) is 35.1 Å². The molecule has 3 heterocycles. The van der Waals surface area contributed by atoms with E-state index in [-0.39, 0.29) is 11.4 Å². The summed E-state index contributed by atoms with van der Waals surface area (Å²) < 4.78 is 34.5. The molecule has 0 unspecified atom stereocenters. The molecule has 28 heavy (non-hydrogen) atoms. The molecule has 9 nitrogen and oxygen atoms in total. The lowest BCUT2D eigenvalue weighted by atomic mass is 10.2. The van der Waals surface area contributed by atoms with Crippen molar-refractivity contribution >= 4 is 26.9 Å². The minimum atomic E-state index is -3.55. The second-order valence-corrected chi connectivity index (χ2v) is 8.38. The highest BCUT2D eigenvalue weighted by Gasteiger charge is 2.18. The molecule has 0 spiro atoms. The van der Waals surface area contributed by atoms with Gasteiger partial charge in [-0.1, -0.05) is 17.7 Å². The van der Waals surface area contributed by atoms with E-state index in [1.165, 1.54) is 6.33 Å². The molecule has 0 radical (unpaired) electrons. The highest BCUT2D eigenvalue weighted by atomic mass is 32.2. The molecule has 0 saturated carbocycles. The smallest absolute Gasteiger partial charge is 0.240 e. The second-order valence-electron chi connectivity index (χ2n) is 6.61. The Balaban J connectivity index is 1.47. The van der Waals surface area contributed by atoms with Gasteiger partial charge in [-0.15, -0.1) is 0 Å². The van der Waals surface area contributed by atoms with Gasteiger partial charge in [-0.3, -0.25) is 0 Å². The fraction of sp³-hybridized carbons (Fsp3) is 0.389. The standard InChI is InChI=1S/C18H22N6O3S/c1-14-2-4-15(5-3-14)28(25,26)22-6-7-24-18-16(12-21-24)17(19-13-20-18)23-8-10-27-11-9-23/h2-5,12-13,22H,6-11H2,1H3. The number of aromatic nitrogens is 4. The average molecular weight is 402 g/mol. The summed E-state index contributed by atoms with van der Waals surface area (Å²) in [4.78, 5) is 11.1. The average Bonchev–Trinajstić information content (AvgIpc) is 3.12. The number of fused-ring (bicyclic) bond motifs is 1. The van der Waals surface area contributed by atoms with Crippen molar-refractivity contribution in [3.8, 4) is 0 Å². The highest BCUT2D eigenvalue weighted by molar-refractivity contribution is 7.89. The summed E-state index contributed by atoms with van der Waals surface area (Å²) in [5.74, 6) is 0.833. The lowest BCUT2D eigenvalue weighted by molar-refractivity contribution is 0.122. The van der Waals surface area contributed by atoms with E-state index >= 15 is 0 Å². The molecular weight excluding hydrogens is 380 g/mol. The Morgan fingerprint density at radius 2 is 1.89 bits per heavy atom. The maximum Gasteiger partial charge on any atom is 0.240 e. The van der Waals surface area contributed by atoms with Crippen LogP contribution in [0.4, 0.5) is 5.82 Å². The van der Waals surface area contributed by atoms with E-state index in [2.05, 4.69) is 24.7 Å². The summed E-state index contributed by atoms with van der Waals surface area (Å²) in [6.07, 6.45) is 3.25. The van der Waals surface area contributed by atoms with Crippen LogP contribution in [0.25, 0.3) is 11.0 Å². The van der Waals surface area contributed by atoms with Gasteiger partial charge in [0.25, 0.3) is 0 Å². The van der Waals surface area contributed by atoms with Gasteiger partial charge >= 0.3 is 0 Å². The molecule has 1 aliphatic heterocycles. The molecule has 0 amide bonds. The maximum absolute atomic E-state index is 12.4. The fourth-order valence-corrected chi connectivity index (χ4v) is 4.18. The molecule has 148 valence electrons. The minimum Gasteiger partial charge on any atom is -0.378 e.